The Bertz CT molecular complexity index is 363. The fraction of sp³-hybridized carbons (Fsp3) is 0.750. The van der Waals surface area contributed by atoms with Crippen molar-refractivity contribution in [1.82, 2.24) is 4.90 Å². The molecule has 2 rings (SSSR count). The van der Waals surface area contributed by atoms with Crippen molar-refractivity contribution < 1.29 is 9.59 Å². The first-order valence-corrected chi connectivity index (χ1v) is 6.52. The molecular weight excluding hydrogens is 236 g/mol. The number of hydrogen-bond acceptors (Lipinski definition) is 3. The van der Waals surface area contributed by atoms with Gasteiger partial charge in [0.1, 0.15) is 0 Å². The summed E-state index contributed by atoms with van der Waals surface area (Å²) in [4.78, 5) is 26.1. The molecule has 1 aliphatic carbocycles. The number of carbonyl (C=O) groups excluding carboxylic acids is 2. The van der Waals surface area contributed by atoms with Crippen molar-refractivity contribution in [2.24, 2.45) is 23.5 Å². The molecule has 4 unspecified atom stereocenters. The molecule has 1 saturated heterocycles. The van der Waals surface area contributed by atoms with Crippen LogP contribution in [0.15, 0.2) is 0 Å². The van der Waals surface area contributed by atoms with E-state index in [1.54, 1.807) is 0 Å². The summed E-state index contributed by atoms with van der Waals surface area (Å²) in [5, 5.41) is 0. The minimum atomic E-state index is -0.213. The molecule has 1 heterocycles. The van der Waals surface area contributed by atoms with Crippen LogP contribution in [-0.2, 0) is 9.59 Å². The summed E-state index contributed by atoms with van der Waals surface area (Å²) in [7, 11) is 0. The normalized spacial score (nSPS) is 37.9. The summed E-state index contributed by atoms with van der Waals surface area (Å²) in [6, 6.07) is -0.0973. The smallest absolute Gasteiger partial charge is 0.233 e. The predicted octanol–water partition coefficient (Wildman–Crippen LogP) is 1.08. The third kappa shape index (κ3) is 1.86. The van der Waals surface area contributed by atoms with Gasteiger partial charge in [-0.1, -0.05) is 32.5 Å². The molecule has 17 heavy (non-hydrogen) atoms. The topological polar surface area (TPSA) is 63.4 Å². The van der Waals surface area contributed by atoms with E-state index in [-0.39, 0.29) is 35.6 Å². The molecule has 2 N–H and O–H groups in total. The van der Waals surface area contributed by atoms with Crippen LogP contribution in [0.5, 0.6) is 0 Å². The molecule has 2 fully saturated rings. The van der Waals surface area contributed by atoms with E-state index in [9.17, 15) is 9.59 Å². The van der Waals surface area contributed by atoms with Crippen molar-refractivity contribution >= 4 is 29.0 Å². The van der Waals surface area contributed by atoms with Crippen LogP contribution >= 0.6 is 12.2 Å². The van der Waals surface area contributed by atoms with Crippen LogP contribution in [0.2, 0.25) is 0 Å². The summed E-state index contributed by atoms with van der Waals surface area (Å²) >= 11 is 5.03. The Morgan fingerprint density at radius 2 is 1.76 bits per heavy atom. The van der Waals surface area contributed by atoms with Gasteiger partial charge in [0.05, 0.1) is 4.99 Å². The van der Waals surface area contributed by atoms with Crippen LogP contribution in [0.1, 0.15) is 33.1 Å². The van der Waals surface area contributed by atoms with Crippen molar-refractivity contribution in [2.75, 3.05) is 0 Å². The van der Waals surface area contributed by atoms with Crippen LogP contribution in [0.3, 0.4) is 0 Å². The second kappa shape index (κ2) is 4.37. The third-order valence-corrected chi connectivity index (χ3v) is 4.48. The molecular formula is C12H18N2O2S. The van der Waals surface area contributed by atoms with Gasteiger partial charge in [-0.2, -0.15) is 0 Å². The van der Waals surface area contributed by atoms with Gasteiger partial charge in [0.2, 0.25) is 11.8 Å². The molecule has 94 valence electrons. The highest BCUT2D eigenvalue weighted by Crippen LogP contribution is 2.36. The number of imide groups is 1. The van der Waals surface area contributed by atoms with Gasteiger partial charge in [0, 0.05) is 23.8 Å². The van der Waals surface area contributed by atoms with Gasteiger partial charge >= 0.3 is 0 Å². The number of thiocarbonyl (C=S) groups is 1. The van der Waals surface area contributed by atoms with Crippen LogP contribution in [-0.4, -0.2) is 27.7 Å². The number of likely N-dealkylation sites (tertiary alicyclic amines) is 1. The van der Waals surface area contributed by atoms with Crippen LogP contribution in [0, 0.1) is 17.8 Å². The quantitative estimate of drug-likeness (QED) is 0.591. The van der Waals surface area contributed by atoms with Gasteiger partial charge in [-0.05, 0) is 12.8 Å². The highest BCUT2D eigenvalue weighted by molar-refractivity contribution is 7.80. The Balaban J connectivity index is 2.25. The molecule has 4 nitrogen and oxygen atoms in total. The molecule has 4 atom stereocenters. The van der Waals surface area contributed by atoms with E-state index in [1.807, 2.05) is 13.8 Å². The molecule has 0 spiro atoms. The van der Waals surface area contributed by atoms with Gasteiger partial charge < -0.3 is 5.73 Å². The predicted molar refractivity (Wildman–Crippen MR) is 68.1 cm³/mol. The largest absolute Gasteiger partial charge is 0.393 e. The van der Waals surface area contributed by atoms with Crippen LogP contribution < -0.4 is 5.73 Å². The van der Waals surface area contributed by atoms with Gasteiger partial charge in [0.25, 0.3) is 0 Å². The highest BCUT2D eigenvalue weighted by atomic mass is 32.1. The van der Waals surface area contributed by atoms with Gasteiger partial charge in [-0.3, -0.25) is 14.5 Å². The van der Waals surface area contributed by atoms with Crippen molar-refractivity contribution in [3.63, 3.8) is 0 Å². The lowest BCUT2D eigenvalue weighted by Crippen LogP contribution is -2.45. The van der Waals surface area contributed by atoms with Crippen LogP contribution in [0.25, 0.3) is 0 Å². The summed E-state index contributed by atoms with van der Waals surface area (Å²) in [6.45, 7) is 3.63. The lowest BCUT2D eigenvalue weighted by atomic mass is 10.00. The van der Waals surface area contributed by atoms with Crippen molar-refractivity contribution in [1.29, 1.82) is 0 Å². The molecule has 1 aliphatic heterocycles. The molecule has 2 amide bonds. The Hall–Kier alpha value is -0.970. The van der Waals surface area contributed by atoms with E-state index in [4.69, 9.17) is 18.0 Å². The zero-order valence-electron chi connectivity index (χ0n) is 10.2. The lowest BCUT2D eigenvalue weighted by Gasteiger charge is -2.27. The maximum Gasteiger partial charge on any atom is 0.233 e. The minimum Gasteiger partial charge on any atom is -0.393 e. The molecule has 0 aromatic heterocycles. The highest BCUT2D eigenvalue weighted by Gasteiger charge is 2.48. The second-order valence-corrected chi connectivity index (χ2v) is 5.60. The van der Waals surface area contributed by atoms with Gasteiger partial charge in [-0.25, -0.2) is 0 Å². The zero-order valence-corrected chi connectivity index (χ0v) is 11.0. The molecule has 1 saturated carbocycles. The van der Waals surface area contributed by atoms with Crippen molar-refractivity contribution in [3.8, 4) is 0 Å². The maximum absolute atomic E-state index is 12.1. The summed E-state index contributed by atoms with van der Waals surface area (Å²) < 4.78 is 0. The Kier molecular flexibility index (Phi) is 3.21. The number of rotatable bonds is 2. The number of carbonyl (C=O) groups is 2. The molecule has 0 radical (unpaired) electrons. The first-order chi connectivity index (χ1) is 7.95. The maximum atomic E-state index is 12.1. The fourth-order valence-corrected chi connectivity index (χ4v) is 3.16. The number of nitrogens with zero attached hydrogens (tertiary/aromatic N) is 1. The number of nitrogens with two attached hydrogens (primary N) is 1. The molecule has 0 aromatic carbocycles. The van der Waals surface area contributed by atoms with Crippen molar-refractivity contribution in [2.45, 2.75) is 39.2 Å². The standard InChI is InChI=1S/C12H18N2O2S/c1-6-7(2)12(16)14(11(6)15)9-5-3-4-8(9)10(13)17/h6-9H,3-5H2,1-2H3,(H2,13,17). The van der Waals surface area contributed by atoms with Crippen LogP contribution in [0.4, 0.5) is 0 Å². The van der Waals surface area contributed by atoms with E-state index in [1.165, 1.54) is 4.90 Å². The molecule has 2 aliphatic rings. The lowest BCUT2D eigenvalue weighted by molar-refractivity contribution is -0.142. The SMILES string of the molecule is CC1C(=O)N(C2CCCC2C(N)=S)C(=O)C1C. The monoisotopic (exact) mass is 254 g/mol. The number of amides is 2. The Morgan fingerprint density at radius 3 is 2.24 bits per heavy atom. The first kappa shape index (κ1) is 12.5. The first-order valence-electron chi connectivity index (χ1n) is 6.11. The molecule has 0 bridgehead atoms. The van der Waals surface area contributed by atoms with E-state index >= 15 is 0 Å². The number of hydrogen-bond donors (Lipinski definition) is 1. The van der Waals surface area contributed by atoms with Gasteiger partial charge in [-0.15, -0.1) is 0 Å². The van der Waals surface area contributed by atoms with Gasteiger partial charge in [0.15, 0.2) is 0 Å². The molecule has 0 aromatic rings. The third-order valence-electron chi connectivity index (χ3n) is 4.18. The summed E-state index contributed by atoms with van der Waals surface area (Å²) in [5.41, 5.74) is 5.70. The Labute approximate surface area is 107 Å². The fourth-order valence-electron chi connectivity index (χ4n) is 2.88. The second-order valence-electron chi connectivity index (χ2n) is 5.13. The van der Waals surface area contributed by atoms with E-state index < -0.39 is 0 Å². The average molecular weight is 254 g/mol. The van der Waals surface area contributed by atoms with E-state index in [0.717, 1.165) is 19.3 Å². The Morgan fingerprint density at radius 1 is 1.24 bits per heavy atom. The molecule has 5 heteroatoms. The summed E-state index contributed by atoms with van der Waals surface area (Å²) in [5.74, 6) is -0.535. The van der Waals surface area contributed by atoms with Crippen molar-refractivity contribution in [3.05, 3.63) is 0 Å². The summed E-state index contributed by atoms with van der Waals surface area (Å²) in [6.07, 6.45) is 2.70. The van der Waals surface area contributed by atoms with E-state index in [0.29, 0.717) is 4.99 Å². The average Bonchev–Trinajstić information content (AvgIpc) is 2.81. The van der Waals surface area contributed by atoms with E-state index in [2.05, 4.69) is 0 Å². The zero-order chi connectivity index (χ0) is 12.7. The minimum absolute atomic E-state index is 0.00963.